The first-order valence-corrected chi connectivity index (χ1v) is 17.9. The SMILES string of the molecule is NC1CCCCCC=CC2CC2(C(=O)NS(=O)(=O)C2CC2)NC(=O)C2CC(Oc3nc4ccccc4c4ccc(F)cc34)CN2C1=O. The van der Waals surface area contributed by atoms with Crippen molar-refractivity contribution in [3.63, 3.8) is 0 Å². The monoisotopic (exact) mass is 663 g/mol. The van der Waals surface area contributed by atoms with E-state index in [1.165, 1.54) is 17.0 Å². The molecule has 11 nitrogen and oxygen atoms in total. The number of nitrogens with zero attached hydrogens (tertiary/aromatic N) is 2. The van der Waals surface area contributed by atoms with Gasteiger partial charge < -0.3 is 20.7 Å². The van der Waals surface area contributed by atoms with Crippen LogP contribution < -0.4 is 20.5 Å². The van der Waals surface area contributed by atoms with Crippen LogP contribution in [0.1, 0.15) is 57.8 Å². The molecule has 5 atom stereocenters. The molecule has 47 heavy (non-hydrogen) atoms. The number of pyridine rings is 1. The Morgan fingerprint density at radius 2 is 1.87 bits per heavy atom. The second-order valence-corrected chi connectivity index (χ2v) is 15.2. The Morgan fingerprint density at radius 3 is 2.68 bits per heavy atom. The van der Waals surface area contributed by atoms with Gasteiger partial charge in [-0.2, -0.15) is 0 Å². The number of hydrogen-bond donors (Lipinski definition) is 3. The minimum absolute atomic E-state index is 0.0223. The van der Waals surface area contributed by atoms with E-state index in [-0.39, 0.29) is 25.3 Å². The number of carbonyl (C=O) groups excluding carboxylic acids is 3. The summed E-state index contributed by atoms with van der Waals surface area (Å²) < 4.78 is 48.4. The number of carbonyl (C=O) groups is 3. The summed E-state index contributed by atoms with van der Waals surface area (Å²) in [6.45, 7) is 0.0223. The second-order valence-electron chi connectivity index (χ2n) is 13.2. The van der Waals surface area contributed by atoms with E-state index in [0.717, 1.165) is 36.5 Å². The van der Waals surface area contributed by atoms with Crippen LogP contribution in [-0.2, 0) is 24.4 Å². The van der Waals surface area contributed by atoms with E-state index in [2.05, 4.69) is 15.0 Å². The Labute approximate surface area is 272 Å². The number of nitrogens with one attached hydrogen (secondary N) is 2. The molecule has 13 heteroatoms. The highest BCUT2D eigenvalue weighted by atomic mass is 32.2. The number of amides is 3. The molecule has 3 heterocycles. The van der Waals surface area contributed by atoms with Gasteiger partial charge in [0.15, 0.2) is 0 Å². The molecular formula is C34H38FN5O6S. The van der Waals surface area contributed by atoms with Gasteiger partial charge in [0, 0.05) is 23.1 Å². The molecule has 2 saturated carbocycles. The lowest BCUT2D eigenvalue weighted by molar-refractivity contribution is -0.140. The van der Waals surface area contributed by atoms with Crippen LogP contribution in [0.25, 0.3) is 21.7 Å². The van der Waals surface area contributed by atoms with E-state index < -0.39 is 68.5 Å². The maximum atomic E-state index is 14.4. The van der Waals surface area contributed by atoms with Crippen LogP contribution in [0.15, 0.2) is 54.6 Å². The van der Waals surface area contributed by atoms with Crippen LogP contribution in [0.2, 0.25) is 0 Å². The summed E-state index contributed by atoms with van der Waals surface area (Å²) in [7, 11) is -3.85. The van der Waals surface area contributed by atoms with Crippen LogP contribution in [0, 0.1) is 11.7 Å². The number of sulfonamides is 1. The fourth-order valence-electron chi connectivity index (χ4n) is 6.89. The summed E-state index contributed by atoms with van der Waals surface area (Å²) in [4.78, 5) is 47.4. The third-order valence-electron chi connectivity index (χ3n) is 9.79. The molecule has 1 aromatic heterocycles. The Bertz CT molecular complexity index is 1900. The van der Waals surface area contributed by atoms with Crippen molar-refractivity contribution in [2.75, 3.05) is 6.54 Å². The molecule has 4 aliphatic rings. The van der Waals surface area contributed by atoms with Gasteiger partial charge in [-0.1, -0.05) is 49.3 Å². The molecule has 3 aromatic rings. The third kappa shape index (κ3) is 6.18. The summed E-state index contributed by atoms with van der Waals surface area (Å²) in [5.41, 5.74) is 5.55. The summed E-state index contributed by atoms with van der Waals surface area (Å²) in [5, 5.41) is 4.28. The normalized spacial score (nSPS) is 28.6. The lowest BCUT2D eigenvalue weighted by atomic mass is 10.1. The first-order chi connectivity index (χ1) is 22.6. The number of nitrogens with two attached hydrogens (primary N) is 1. The zero-order valence-corrected chi connectivity index (χ0v) is 26.7. The average molecular weight is 664 g/mol. The number of aromatic nitrogens is 1. The summed E-state index contributed by atoms with van der Waals surface area (Å²) in [6, 6.07) is 9.95. The van der Waals surface area contributed by atoms with E-state index in [4.69, 9.17) is 10.5 Å². The second kappa shape index (κ2) is 12.2. The number of para-hydroxylation sites is 1. The summed E-state index contributed by atoms with van der Waals surface area (Å²) in [6.07, 6.45) is 8.05. The van der Waals surface area contributed by atoms with Crippen molar-refractivity contribution in [1.82, 2.24) is 19.9 Å². The van der Waals surface area contributed by atoms with E-state index in [1.54, 1.807) is 6.07 Å². The Balaban J connectivity index is 1.19. The maximum Gasteiger partial charge on any atom is 0.259 e. The van der Waals surface area contributed by atoms with Crippen molar-refractivity contribution < 1.29 is 31.9 Å². The highest BCUT2D eigenvalue weighted by molar-refractivity contribution is 7.91. The molecule has 7 rings (SSSR count). The van der Waals surface area contributed by atoms with Crippen molar-refractivity contribution in [1.29, 1.82) is 0 Å². The Morgan fingerprint density at radius 1 is 1.06 bits per heavy atom. The predicted molar refractivity (Wildman–Crippen MR) is 173 cm³/mol. The van der Waals surface area contributed by atoms with Gasteiger partial charge >= 0.3 is 0 Å². The minimum atomic E-state index is -3.85. The number of hydrogen-bond acceptors (Lipinski definition) is 8. The first kappa shape index (κ1) is 31.5. The highest BCUT2D eigenvalue weighted by Gasteiger charge is 2.62. The van der Waals surface area contributed by atoms with Crippen LogP contribution in [0.4, 0.5) is 4.39 Å². The lowest BCUT2D eigenvalue weighted by Gasteiger charge is -2.28. The largest absolute Gasteiger partial charge is 0.472 e. The molecule has 0 radical (unpaired) electrons. The molecule has 1 saturated heterocycles. The van der Waals surface area contributed by atoms with E-state index in [1.807, 2.05) is 36.4 Å². The number of fused-ring (bicyclic) bond motifs is 5. The van der Waals surface area contributed by atoms with E-state index in [9.17, 15) is 27.2 Å². The van der Waals surface area contributed by atoms with E-state index in [0.29, 0.717) is 30.2 Å². The first-order valence-electron chi connectivity index (χ1n) is 16.3. The van der Waals surface area contributed by atoms with Crippen molar-refractivity contribution in [2.45, 2.75) is 86.8 Å². The average Bonchev–Trinajstić information content (AvgIpc) is 3.97. The number of ether oxygens (including phenoxy) is 1. The predicted octanol–water partition coefficient (Wildman–Crippen LogP) is 3.21. The van der Waals surface area contributed by atoms with Gasteiger partial charge in [-0.3, -0.25) is 19.1 Å². The van der Waals surface area contributed by atoms with Crippen molar-refractivity contribution in [3.8, 4) is 5.88 Å². The van der Waals surface area contributed by atoms with Gasteiger partial charge in [-0.15, -0.1) is 0 Å². The summed E-state index contributed by atoms with van der Waals surface area (Å²) in [5.74, 6) is -2.45. The quantitative estimate of drug-likeness (QED) is 0.277. The fourth-order valence-corrected chi connectivity index (χ4v) is 8.25. The molecule has 4 N–H and O–H groups in total. The van der Waals surface area contributed by atoms with Crippen LogP contribution in [-0.4, -0.2) is 71.5 Å². The van der Waals surface area contributed by atoms with Gasteiger partial charge in [0.05, 0.1) is 23.4 Å². The van der Waals surface area contributed by atoms with Gasteiger partial charge in [0.1, 0.15) is 23.5 Å². The molecule has 2 aromatic carbocycles. The van der Waals surface area contributed by atoms with E-state index >= 15 is 0 Å². The molecule has 0 spiro atoms. The number of rotatable bonds is 5. The third-order valence-corrected chi connectivity index (χ3v) is 11.6. The van der Waals surface area contributed by atoms with Gasteiger partial charge in [0.2, 0.25) is 27.7 Å². The van der Waals surface area contributed by atoms with Gasteiger partial charge in [-0.25, -0.2) is 17.8 Å². The number of halogens is 1. The zero-order valence-electron chi connectivity index (χ0n) is 25.9. The fraction of sp³-hybridized carbons (Fsp3) is 0.471. The number of allylic oxidation sites excluding steroid dienone is 1. The van der Waals surface area contributed by atoms with Crippen molar-refractivity contribution >= 4 is 49.4 Å². The molecule has 0 bridgehead atoms. The number of benzene rings is 2. The van der Waals surface area contributed by atoms with Crippen molar-refractivity contribution in [2.24, 2.45) is 11.7 Å². The smallest absolute Gasteiger partial charge is 0.259 e. The molecule has 248 valence electrons. The highest BCUT2D eigenvalue weighted by Crippen LogP contribution is 2.46. The summed E-state index contributed by atoms with van der Waals surface area (Å²) >= 11 is 0. The van der Waals surface area contributed by atoms with Gasteiger partial charge in [-0.05, 0) is 62.1 Å². The van der Waals surface area contributed by atoms with Crippen molar-refractivity contribution in [3.05, 3.63) is 60.4 Å². The minimum Gasteiger partial charge on any atom is -0.472 e. The molecule has 3 fully saturated rings. The molecule has 5 unspecified atom stereocenters. The Kier molecular flexibility index (Phi) is 8.15. The molecule has 2 aliphatic carbocycles. The van der Waals surface area contributed by atoms with Gasteiger partial charge in [0.25, 0.3) is 5.91 Å². The lowest BCUT2D eigenvalue weighted by Crippen LogP contribution is -2.57. The van der Waals surface area contributed by atoms with Crippen LogP contribution in [0.5, 0.6) is 5.88 Å². The molecule has 2 aliphatic heterocycles. The van der Waals surface area contributed by atoms with Crippen LogP contribution >= 0.6 is 0 Å². The van der Waals surface area contributed by atoms with Crippen LogP contribution in [0.3, 0.4) is 0 Å². The maximum absolute atomic E-state index is 14.4. The topological polar surface area (TPSA) is 161 Å². The molecular weight excluding hydrogens is 625 g/mol. The standard InChI is InChI=1S/C34H38FN5O6S/c35-21-12-15-24-25-9-6-7-11-28(25)37-31(26(24)16-21)46-22-17-29-30(41)38-34(33(43)39-47(44,45)23-13-14-23)18-20(34)8-4-2-1-3-5-10-27(36)32(42)40(29)19-22/h4,6-9,11-12,15-16,20,22-23,27,29H,1-3,5,10,13-14,17-19,36H2,(H,38,41)(H,39,43). The molecule has 3 amide bonds. The zero-order chi connectivity index (χ0) is 32.9. The Hall–Kier alpha value is -4.10.